The Morgan fingerprint density at radius 3 is 2.48 bits per heavy atom. The van der Waals surface area contributed by atoms with Crippen LogP contribution < -0.4 is 15.4 Å². The average Bonchev–Trinajstić information content (AvgIpc) is 2.69. The van der Waals surface area contributed by atoms with E-state index in [-0.39, 0.29) is 23.8 Å². The van der Waals surface area contributed by atoms with Gasteiger partial charge in [-0.1, -0.05) is 6.07 Å². The normalized spacial score (nSPS) is 14.5. The van der Waals surface area contributed by atoms with E-state index in [1.54, 1.807) is 24.1 Å². The van der Waals surface area contributed by atoms with Crippen molar-refractivity contribution in [2.75, 3.05) is 25.5 Å². The smallest absolute Gasteiger partial charge is 0.321 e. The van der Waals surface area contributed by atoms with Gasteiger partial charge in [0.2, 0.25) is 0 Å². The van der Waals surface area contributed by atoms with Gasteiger partial charge < -0.3 is 20.3 Å². The molecule has 1 saturated heterocycles. The van der Waals surface area contributed by atoms with Crippen molar-refractivity contribution in [1.82, 2.24) is 10.2 Å². The third-order valence-electron chi connectivity index (χ3n) is 4.54. The largest absolute Gasteiger partial charge is 0.497 e. The van der Waals surface area contributed by atoms with Gasteiger partial charge in [-0.3, -0.25) is 4.79 Å². The van der Waals surface area contributed by atoms with Gasteiger partial charge in [-0.15, -0.1) is 0 Å². The third-order valence-corrected chi connectivity index (χ3v) is 4.54. The molecular formula is C20H22FN3O3. The maximum absolute atomic E-state index is 12.9. The molecule has 0 aromatic heterocycles. The molecule has 0 radical (unpaired) electrons. The molecule has 0 spiro atoms. The Hall–Kier alpha value is -3.09. The number of carbonyl (C=O) groups is 2. The van der Waals surface area contributed by atoms with E-state index in [2.05, 4.69) is 10.6 Å². The van der Waals surface area contributed by atoms with Crippen molar-refractivity contribution in [3.63, 3.8) is 0 Å². The first kappa shape index (κ1) is 18.7. The van der Waals surface area contributed by atoms with Gasteiger partial charge in [0.05, 0.1) is 7.11 Å². The highest BCUT2D eigenvalue weighted by Crippen LogP contribution is 2.18. The summed E-state index contributed by atoms with van der Waals surface area (Å²) < 4.78 is 18.1. The minimum absolute atomic E-state index is 0.0107. The van der Waals surface area contributed by atoms with Crippen LogP contribution in [0.1, 0.15) is 23.2 Å². The van der Waals surface area contributed by atoms with Crippen LogP contribution in [0.2, 0.25) is 0 Å². The summed E-state index contributed by atoms with van der Waals surface area (Å²) in [5, 5.41) is 5.80. The van der Waals surface area contributed by atoms with E-state index in [4.69, 9.17) is 4.74 Å². The number of nitrogens with one attached hydrogen (secondary N) is 2. The van der Waals surface area contributed by atoms with Crippen molar-refractivity contribution < 1.29 is 18.7 Å². The molecule has 7 heteroatoms. The number of anilines is 1. The zero-order valence-electron chi connectivity index (χ0n) is 15.1. The second-order valence-electron chi connectivity index (χ2n) is 6.40. The van der Waals surface area contributed by atoms with Gasteiger partial charge in [0.25, 0.3) is 5.91 Å². The van der Waals surface area contributed by atoms with Gasteiger partial charge in [-0.25, -0.2) is 9.18 Å². The summed E-state index contributed by atoms with van der Waals surface area (Å²) in [6, 6.07) is 12.4. The van der Waals surface area contributed by atoms with Gasteiger partial charge in [0, 0.05) is 36.4 Å². The lowest BCUT2D eigenvalue weighted by Gasteiger charge is -2.32. The predicted molar refractivity (Wildman–Crippen MR) is 100 cm³/mol. The molecule has 1 fully saturated rings. The second-order valence-corrected chi connectivity index (χ2v) is 6.40. The summed E-state index contributed by atoms with van der Waals surface area (Å²) in [4.78, 5) is 26.3. The lowest BCUT2D eigenvalue weighted by Crippen LogP contribution is -2.47. The number of hydrogen-bond donors (Lipinski definition) is 2. The van der Waals surface area contributed by atoms with Crippen LogP contribution in [0.5, 0.6) is 5.75 Å². The molecule has 0 unspecified atom stereocenters. The van der Waals surface area contributed by atoms with Crippen LogP contribution in [0.25, 0.3) is 0 Å². The molecule has 1 heterocycles. The Labute approximate surface area is 157 Å². The van der Waals surface area contributed by atoms with E-state index in [0.29, 0.717) is 42.9 Å². The first-order valence-corrected chi connectivity index (χ1v) is 8.81. The molecule has 2 aromatic rings. The fraction of sp³-hybridized carbons (Fsp3) is 0.300. The topological polar surface area (TPSA) is 70.7 Å². The van der Waals surface area contributed by atoms with Crippen molar-refractivity contribution in [1.29, 1.82) is 0 Å². The Balaban J connectivity index is 1.48. The molecular weight excluding hydrogens is 349 g/mol. The molecule has 142 valence electrons. The number of amides is 3. The number of piperidine rings is 1. The quantitative estimate of drug-likeness (QED) is 0.867. The molecule has 0 atom stereocenters. The van der Waals surface area contributed by atoms with Crippen LogP contribution in [-0.2, 0) is 0 Å². The first-order valence-electron chi connectivity index (χ1n) is 8.81. The third kappa shape index (κ3) is 4.97. The van der Waals surface area contributed by atoms with Crippen LogP contribution in [0.15, 0.2) is 48.5 Å². The maximum atomic E-state index is 12.9. The standard InChI is InChI=1S/C20H22FN3O3/c1-27-18-4-2-3-17(13-18)23-20(26)24-11-9-16(10-12-24)22-19(25)14-5-7-15(21)8-6-14/h2-8,13,16H,9-12H2,1H3,(H,22,25)(H,23,26). The first-order chi connectivity index (χ1) is 13.0. The van der Waals surface area contributed by atoms with Crippen molar-refractivity contribution in [3.05, 3.63) is 59.9 Å². The minimum atomic E-state index is -0.373. The summed E-state index contributed by atoms with van der Waals surface area (Å²) in [5.41, 5.74) is 1.10. The highest BCUT2D eigenvalue weighted by molar-refractivity contribution is 5.94. The Bertz CT molecular complexity index is 802. The number of likely N-dealkylation sites (tertiary alicyclic amines) is 1. The number of methoxy groups -OCH3 is 1. The summed E-state index contributed by atoms with van der Waals surface area (Å²) in [6.45, 7) is 1.09. The van der Waals surface area contributed by atoms with Gasteiger partial charge in [0.1, 0.15) is 11.6 Å². The molecule has 27 heavy (non-hydrogen) atoms. The van der Waals surface area contributed by atoms with Crippen molar-refractivity contribution >= 4 is 17.6 Å². The second kappa shape index (κ2) is 8.53. The lowest BCUT2D eigenvalue weighted by atomic mass is 10.0. The summed E-state index contributed by atoms with van der Waals surface area (Å²) in [6.07, 6.45) is 1.33. The predicted octanol–water partition coefficient (Wildman–Crippen LogP) is 3.26. The van der Waals surface area contributed by atoms with Gasteiger partial charge in [-0.2, -0.15) is 0 Å². The number of urea groups is 1. The van der Waals surface area contributed by atoms with Crippen molar-refractivity contribution in [2.24, 2.45) is 0 Å². The van der Waals surface area contributed by atoms with Crippen LogP contribution in [0, 0.1) is 5.82 Å². The SMILES string of the molecule is COc1cccc(NC(=O)N2CCC(NC(=O)c3ccc(F)cc3)CC2)c1. The van der Waals surface area contributed by atoms with E-state index in [9.17, 15) is 14.0 Å². The van der Waals surface area contributed by atoms with Crippen molar-refractivity contribution in [2.45, 2.75) is 18.9 Å². The van der Waals surface area contributed by atoms with E-state index in [1.165, 1.54) is 24.3 Å². The number of carbonyl (C=O) groups excluding carboxylic acids is 2. The lowest BCUT2D eigenvalue weighted by molar-refractivity contribution is 0.0919. The molecule has 2 N–H and O–H groups in total. The van der Waals surface area contributed by atoms with Crippen LogP contribution >= 0.6 is 0 Å². The summed E-state index contributed by atoms with van der Waals surface area (Å²) >= 11 is 0. The number of ether oxygens (including phenoxy) is 1. The van der Waals surface area contributed by atoms with E-state index in [0.717, 1.165) is 0 Å². The molecule has 2 aromatic carbocycles. The van der Waals surface area contributed by atoms with Crippen LogP contribution in [0.3, 0.4) is 0 Å². The minimum Gasteiger partial charge on any atom is -0.497 e. The van der Waals surface area contributed by atoms with Gasteiger partial charge in [0.15, 0.2) is 0 Å². The number of nitrogens with zero attached hydrogens (tertiary/aromatic N) is 1. The Morgan fingerprint density at radius 2 is 1.81 bits per heavy atom. The zero-order chi connectivity index (χ0) is 19.2. The highest BCUT2D eigenvalue weighted by Gasteiger charge is 2.24. The van der Waals surface area contributed by atoms with E-state index < -0.39 is 0 Å². The molecule has 0 saturated carbocycles. The fourth-order valence-corrected chi connectivity index (χ4v) is 3.00. The molecule has 1 aliphatic rings. The molecule has 3 rings (SSSR count). The monoisotopic (exact) mass is 371 g/mol. The number of hydrogen-bond acceptors (Lipinski definition) is 3. The molecule has 1 aliphatic heterocycles. The summed E-state index contributed by atoms with van der Waals surface area (Å²) in [5.74, 6) is 0.0752. The van der Waals surface area contributed by atoms with E-state index >= 15 is 0 Å². The van der Waals surface area contributed by atoms with Gasteiger partial charge in [-0.05, 0) is 49.2 Å². The van der Waals surface area contributed by atoms with Crippen LogP contribution in [0.4, 0.5) is 14.9 Å². The Kier molecular flexibility index (Phi) is 5.90. The molecule has 0 bridgehead atoms. The number of benzene rings is 2. The molecule has 3 amide bonds. The summed E-state index contributed by atoms with van der Waals surface area (Å²) in [7, 11) is 1.58. The number of halogens is 1. The average molecular weight is 371 g/mol. The van der Waals surface area contributed by atoms with Crippen LogP contribution in [-0.4, -0.2) is 43.1 Å². The number of rotatable bonds is 4. The van der Waals surface area contributed by atoms with E-state index in [1.807, 2.05) is 12.1 Å². The Morgan fingerprint density at radius 1 is 1.11 bits per heavy atom. The highest BCUT2D eigenvalue weighted by atomic mass is 19.1. The maximum Gasteiger partial charge on any atom is 0.321 e. The van der Waals surface area contributed by atoms with Crippen molar-refractivity contribution in [3.8, 4) is 5.75 Å². The van der Waals surface area contributed by atoms with Gasteiger partial charge >= 0.3 is 6.03 Å². The molecule has 0 aliphatic carbocycles. The molecule has 6 nitrogen and oxygen atoms in total. The zero-order valence-corrected chi connectivity index (χ0v) is 15.1. The fourth-order valence-electron chi connectivity index (χ4n) is 3.00.